The van der Waals surface area contributed by atoms with Crippen LogP contribution in [0, 0.1) is 11.3 Å². The molecule has 0 aliphatic carbocycles. The van der Waals surface area contributed by atoms with Crippen LogP contribution in [0.5, 0.6) is 0 Å². The van der Waals surface area contributed by atoms with Gasteiger partial charge in [0.25, 0.3) is 0 Å². The van der Waals surface area contributed by atoms with Crippen molar-refractivity contribution in [1.82, 2.24) is 4.98 Å². The van der Waals surface area contributed by atoms with Crippen LogP contribution in [0.25, 0.3) is 11.5 Å². The summed E-state index contributed by atoms with van der Waals surface area (Å²) < 4.78 is 27.3. The van der Waals surface area contributed by atoms with Crippen LogP contribution in [-0.4, -0.2) is 17.2 Å². The molecule has 0 aromatic carbocycles. The molecule has 2 aromatic heterocycles. The molecule has 112 valence electrons. The average molecular weight is 311 g/mol. The highest BCUT2D eigenvalue weighted by Gasteiger charge is 2.12. The predicted molar refractivity (Wildman–Crippen MR) is 79.1 cm³/mol. The summed E-state index contributed by atoms with van der Waals surface area (Å²) in [7, 11) is 0. The van der Waals surface area contributed by atoms with Gasteiger partial charge in [0.1, 0.15) is 23.1 Å². The van der Waals surface area contributed by atoms with Crippen molar-refractivity contribution in [2.24, 2.45) is 0 Å². The Hall–Kier alpha value is -2.07. The predicted octanol–water partition coefficient (Wildman–Crippen LogP) is 4.18. The second-order valence-corrected chi connectivity index (χ2v) is 5.23. The van der Waals surface area contributed by atoms with E-state index in [1.165, 1.54) is 11.8 Å². The number of hydrogen-bond donors (Lipinski definition) is 1. The molecule has 0 atom stereocenters. The van der Waals surface area contributed by atoms with Crippen LogP contribution >= 0.6 is 11.8 Å². The Balaban J connectivity index is 0.000000383. The van der Waals surface area contributed by atoms with Gasteiger partial charge in [0, 0.05) is 4.90 Å². The van der Waals surface area contributed by atoms with E-state index in [2.05, 4.69) is 4.98 Å². The number of thioether (sulfide) groups is 1. The Kier molecular flexibility index (Phi) is 5.73. The maximum absolute atomic E-state index is 11.0. The van der Waals surface area contributed by atoms with Crippen molar-refractivity contribution >= 4 is 17.6 Å². The van der Waals surface area contributed by atoms with Gasteiger partial charge in [0.15, 0.2) is 5.76 Å². The molecular weight excluding hydrogens is 296 g/mol. The fourth-order valence-electron chi connectivity index (χ4n) is 1.36. The number of hydrogen-bond acceptors (Lipinski definition) is 5. The number of pyridine rings is 1. The molecule has 0 unspecified atom stereocenters. The molecule has 4 nitrogen and oxygen atoms in total. The van der Waals surface area contributed by atoms with Crippen molar-refractivity contribution in [3.63, 3.8) is 0 Å². The van der Waals surface area contributed by atoms with Gasteiger partial charge in [-0.2, -0.15) is 5.26 Å². The van der Waals surface area contributed by atoms with Gasteiger partial charge in [-0.1, -0.05) is 0 Å². The number of alkyl halides is 2. The van der Waals surface area contributed by atoms with Crippen LogP contribution in [0.15, 0.2) is 33.8 Å². The van der Waals surface area contributed by atoms with E-state index in [1.807, 2.05) is 12.3 Å². The third kappa shape index (κ3) is 5.44. The minimum Gasteiger partial charge on any atom is -0.463 e. The largest absolute Gasteiger partial charge is 0.463 e. The normalized spacial score (nSPS) is 10.5. The Bertz CT molecular complexity index is 625. The number of furan rings is 1. The van der Waals surface area contributed by atoms with Crippen LogP contribution in [0.1, 0.15) is 19.4 Å². The Morgan fingerprint density at radius 2 is 2.05 bits per heavy atom. The van der Waals surface area contributed by atoms with Crippen LogP contribution in [0.2, 0.25) is 0 Å². The van der Waals surface area contributed by atoms with Crippen LogP contribution in [0.4, 0.5) is 14.6 Å². The second kappa shape index (κ2) is 7.09. The number of aromatic nitrogens is 1. The lowest BCUT2D eigenvalue weighted by molar-refractivity contribution is 0.0437. The highest BCUT2D eigenvalue weighted by atomic mass is 32.2. The lowest BCUT2D eigenvalue weighted by atomic mass is 10.2. The number of nitrogens with zero attached hydrogens (tertiary/aromatic N) is 2. The molecule has 0 saturated carbocycles. The molecule has 2 heterocycles. The van der Waals surface area contributed by atoms with Gasteiger partial charge in [0.05, 0.1) is 6.26 Å². The summed E-state index contributed by atoms with van der Waals surface area (Å²) in [6, 6.07) is 7.44. The van der Waals surface area contributed by atoms with Gasteiger partial charge in [-0.15, -0.1) is 11.8 Å². The first-order chi connectivity index (χ1) is 9.76. The first-order valence-corrected chi connectivity index (χ1v) is 7.15. The zero-order valence-corrected chi connectivity index (χ0v) is 12.7. The van der Waals surface area contributed by atoms with Gasteiger partial charge >= 0.3 is 0 Å². The summed E-state index contributed by atoms with van der Waals surface area (Å²) in [5, 5.41) is 8.95. The van der Waals surface area contributed by atoms with Gasteiger partial charge < -0.3 is 10.2 Å². The Morgan fingerprint density at radius 3 is 2.48 bits per heavy atom. The first-order valence-electron chi connectivity index (χ1n) is 5.92. The van der Waals surface area contributed by atoms with Crippen molar-refractivity contribution in [2.75, 3.05) is 12.0 Å². The van der Waals surface area contributed by atoms with Crippen LogP contribution in [0.3, 0.4) is 0 Å². The van der Waals surface area contributed by atoms with Crippen molar-refractivity contribution in [3.05, 3.63) is 30.0 Å². The van der Waals surface area contributed by atoms with Crippen molar-refractivity contribution in [1.29, 1.82) is 5.26 Å². The number of halogens is 2. The number of nitriles is 1. The molecule has 0 radical (unpaired) electrons. The summed E-state index contributed by atoms with van der Waals surface area (Å²) in [5.74, 6) is -1.62. The average Bonchev–Trinajstić information content (AvgIpc) is 2.89. The second-order valence-electron chi connectivity index (χ2n) is 4.39. The Morgan fingerprint density at radius 1 is 1.43 bits per heavy atom. The number of nitrogens with two attached hydrogens (primary N) is 1. The first kappa shape index (κ1) is 17.0. The molecule has 0 spiro atoms. The highest BCUT2D eigenvalue weighted by Crippen LogP contribution is 2.29. The van der Waals surface area contributed by atoms with Crippen molar-refractivity contribution in [3.8, 4) is 17.5 Å². The molecule has 2 N–H and O–H groups in total. The molecule has 0 aliphatic rings. The molecule has 0 aliphatic heterocycles. The highest BCUT2D eigenvalue weighted by molar-refractivity contribution is 7.98. The number of anilines is 1. The van der Waals surface area contributed by atoms with Gasteiger partial charge in [-0.05, 0) is 38.3 Å². The summed E-state index contributed by atoms with van der Waals surface area (Å²) in [4.78, 5) is 4.95. The summed E-state index contributed by atoms with van der Waals surface area (Å²) in [6.07, 6.45) is 3.46. The van der Waals surface area contributed by atoms with Gasteiger partial charge in [-0.25, -0.2) is 13.8 Å². The molecule has 0 fully saturated rings. The monoisotopic (exact) mass is 311 g/mol. The third-order valence-corrected chi connectivity index (χ3v) is 2.88. The maximum atomic E-state index is 11.0. The molecule has 7 heteroatoms. The fraction of sp³-hybridized carbons (Fsp3) is 0.286. The van der Waals surface area contributed by atoms with E-state index in [1.54, 1.807) is 24.5 Å². The van der Waals surface area contributed by atoms with E-state index in [9.17, 15) is 8.78 Å². The molecule has 0 amide bonds. The third-order valence-electron chi connectivity index (χ3n) is 2.12. The van der Waals surface area contributed by atoms with Gasteiger partial charge in [0.2, 0.25) is 5.92 Å². The summed E-state index contributed by atoms with van der Waals surface area (Å²) in [6.45, 7) is 1.71. The number of rotatable bonds is 2. The molecule has 0 bridgehead atoms. The lowest BCUT2D eigenvalue weighted by Crippen LogP contribution is -1.98. The van der Waals surface area contributed by atoms with E-state index < -0.39 is 5.92 Å². The molecular formula is C14H15F2N3OS. The zero-order chi connectivity index (χ0) is 16.0. The molecule has 2 rings (SSSR count). The Labute approximate surface area is 126 Å². The SMILES string of the molecule is CC(C)(F)F.CSc1cc(-c2ccco2)nc(N)c1C#N. The minimum atomic E-state index is -2.50. The molecule has 21 heavy (non-hydrogen) atoms. The van der Waals surface area contributed by atoms with Crippen LogP contribution in [-0.2, 0) is 0 Å². The van der Waals surface area contributed by atoms with E-state index in [4.69, 9.17) is 15.4 Å². The summed E-state index contributed by atoms with van der Waals surface area (Å²) in [5.41, 5.74) is 6.79. The standard InChI is InChI=1S/C11H9N3OS.C3H6F2/c1-16-10-5-8(9-3-2-4-15-9)14-11(13)7(10)6-12;1-3(2,4)5/h2-5H,1H3,(H2,13,14);1-2H3. The van der Waals surface area contributed by atoms with E-state index in [0.717, 1.165) is 18.7 Å². The molecule has 2 aromatic rings. The minimum absolute atomic E-state index is 0.237. The van der Waals surface area contributed by atoms with E-state index >= 15 is 0 Å². The van der Waals surface area contributed by atoms with Crippen molar-refractivity contribution in [2.45, 2.75) is 24.7 Å². The molecule has 0 saturated heterocycles. The van der Waals surface area contributed by atoms with Gasteiger partial charge in [-0.3, -0.25) is 0 Å². The lowest BCUT2D eigenvalue weighted by Gasteiger charge is -2.05. The zero-order valence-electron chi connectivity index (χ0n) is 11.9. The number of nitrogen functional groups attached to an aromatic ring is 1. The topological polar surface area (TPSA) is 75.8 Å². The van der Waals surface area contributed by atoms with Crippen LogP contribution < -0.4 is 5.73 Å². The van der Waals surface area contributed by atoms with E-state index in [0.29, 0.717) is 17.0 Å². The maximum Gasteiger partial charge on any atom is 0.242 e. The smallest absolute Gasteiger partial charge is 0.242 e. The summed E-state index contributed by atoms with van der Waals surface area (Å²) >= 11 is 1.46. The van der Waals surface area contributed by atoms with Crippen molar-refractivity contribution < 1.29 is 13.2 Å². The quantitative estimate of drug-likeness (QED) is 0.842. The fourth-order valence-corrected chi connectivity index (χ4v) is 1.95. The van der Waals surface area contributed by atoms with E-state index in [-0.39, 0.29) is 5.82 Å².